The first-order valence-electron chi connectivity index (χ1n) is 5.08. The minimum Gasteiger partial charge on any atom is -0.292 e. The molecule has 2 aromatic heterocycles. The summed E-state index contributed by atoms with van der Waals surface area (Å²) in [4.78, 5) is 23.8. The van der Waals surface area contributed by atoms with E-state index in [1.165, 1.54) is 6.20 Å². The van der Waals surface area contributed by atoms with Crippen LogP contribution >= 0.6 is 11.6 Å². The normalized spacial score (nSPS) is 10.2. The van der Waals surface area contributed by atoms with Gasteiger partial charge in [0.15, 0.2) is 5.78 Å². The highest BCUT2D eigenvalue weighted by molar-refractivity contribution is 6.31. The van der Waals surface area contributed by atoms with Gasteiger partial charge < -0.3 is 0 Å². The molecule has 0 bridgehead atoms. The SMILES string of the molecule is Cc1nccc(C(=O)Cc2ccncc2Cl)n1. The van der Waals surface area contributed by atoms with E-state index in [1.54, 1.807) is 31.5 Å². The maximum atomic E-state index is 11.9. The first-order chi connectivity index (χ1) is 8.16. The highest BCUT2D eigenvalue weighted by Gasteiger charge is 2.11. The van der Waals surface area contributed by atoms with Gasteiger partial charge in [0.25, 0.3) is 0 Å². The summed E-state index contributed by atoms with van der Waals surface area (Å²) in [6.45, 7) is 1.75. The zero-order valence-electron chi connectivity index (χ0n) is 9.22. The molecule has 17 heavy (non-hydrogen) atoms. The Hall–Kier alpha value is -1.81. The molecule has 0 aliphatic carbocycles. The third kappa shape index (κ3) is 2.85. The van der Waals surface area contributed by atoms with Crippen molar-refractivity contribution in [1.29, 1.82) is 0 Å². The molecule has 86 valence electrons. The van der Waals surface area contributed by atoms with Gasteiger partial charge in [-0.15, -0.1) is 0 Å². The molecule has 2 rings (SSSR count). The summed E-state index contributed by atoms with van der Waals surface area (Å²) in [5, 5.41) is 0.492. The lowest BCUT2D eigenvalue weighted by Gasteiger charge is -2.03. The van der Waals surface area contributed by atoms with Crippen molar-refractivity contribution in [1.82, 2.24) is 15.0 Å². The van der Waals surface area contributed by atoms with Crippen LogP contribution in [0.3, 0.4) is 0 Å². The largest absolute Gasteiger partial charge is 0.292 e. The Labute approximate surface area is 104 Å². The van der Waals surface area contributed by atoms with E-state index in [0.29, 0.717) is 16.5 Å². The van der Waals surface area contributed by atoms with Crippen molar-refractivity contribution >= 4 is 17.4 Å². The van der Waals surface area contributed by atoms with Crippen molar-refractivity contribution in [2.45, 2.75) is 13.3 Å². The highest BCUT2D eigenvalue weighted by atomic mass is 35.5. The van der Waals surface area contributed by atoms with Gasteiger partial charge in [-0.1, -0.05) is 11.6 Å². The van der Waals surface area contributed by atoms with Gasteiger partial charge >= 0.3 is 0 Å². The fourth-order valence-electron chi connectivity index (χ4n) is 1.42. The number of halogens is 1. The molecular formula is C12H10ClN3O. The topological polar surface area (TPSA) is 55.7 Å². The number of hydrogen-bond acceptors (Lipinski definition) is 4. The zero-order chi connectivity index (χ0) is 12.3. The Morgan fingerprint density at radius 3 is 2.88 bits per heavy atom. The lowest BCUT2D eigenvalue weighted by molar-refractivity contribution is 0.0988. The molecule has 2 heterocycles. The average Bonchev–Trinajstić information content (AvgIpc) is 2.32. The zero-order valence-corrected chi connectivity index (χ0v) is 9.98. The number of pyridine rings is 1. The van der Waals surface area contributed by atoms with Gasteiger partial charge in [0.1, 0.15) is 11.5 Å². The molecule has 0 aliphatic heterocycles. The molecule has 2 aromatic rings. The summed E-state index contributed by atoms with van der Waals surface area (Å²) < 4.78 is 0. The Morgan fingerprint density at radius 1 is 1.35 bits per heavy atom. The molecule has 5 heteroatoms. The summed E-state index contributed by atoms with van der Waals surface area (Å²) in [5.41, 5.74) is 1.16. The Balaban J connectivity index is 2.20. The van der Waals surface area contributed by atoms with Gasteiger partial charge in [0.2, 0.25) is 0 Å². The molecule has 0 unspecified atom stereocenters. The third-order valence-corrected chi connectivity index (χ3v) is 2.61. The number of rotatable bonds is 3. The number of Topliss-reactive ketones (excluding diaryl/α,β-unsaturated/α-hetero) is 1. The van der Waals surface area contributed by atoms with Gasteiger partial charge in [-0.05, 0) is 24.6 Å². The molecule has 0 fully saturated rings. The lowest BCUT2D eigenvalue weighted by Crippen LogP contribution is -2.07. The van der Waals surface area contributed by atoms with E-state index >= 15 is 0 Å². The second-order valence-electron chi connectivity index (χ2n) is 3.56. The van der Waals surface area contributed by atoms with Crippen LogP contribution in [0.25, 0.3) is 0 Å². The van der Waals surface area contributed by atoms with E-state index < -0.39 is 0 Å². The van der Waals surface area contributed by atoms with Crippen LogP contribution in [-0.2, 0) is 6.42 Å². The summed E-state index contributed by atoms with van der Waals surface area (Å²) >= 11 is 5.94. The van der Waals surface area contributed by atoms with Gasteiger partial charge in [0.05, 0.1) is 5.02 Å². The molecule has 0 amide bonds. The van der Waals surface area contributed by atoms with Crippen LogP contribution in [0.15, 0.2) is 30.7 Å². The molecule has 0 N–H and O–H groups in total. The first-order valence-corrected chi connectivity index (χ1v) is 5.46. The number of carbonyl (C=O) groups is 1. The van der Waals surface area contributed by atoms with E-state index in [1.807, 2.05) is 0 Å². The molecule has 0 spiro atoms. The van der Waals surface area contributed by atoms with Crippen molar-refractivity contribution in [2.75, 3.05) is 0 Å². The van der Waals surface area contributed by atoms with Gasteiger partial charge in [0, 0.05) is 25.0 Å². The van der Waals surface area contributed by atoms with E-state index in [9.17, 15) is 4.79 Å². The quantitative estimate of drug-likeness (QED) is 0.781. The predicted octanol–water partition coefficient (Wildman–Crippen LogP) is 2.26. The number of hydrogen-bond donors (Lipinski definition) is 0. The lowest BCUT2D eigenvalue weighted by atomic mass is 10.1. The number of carbonyl (C=O) groups excluding carboxylic acids is 1. The molecule has 4 nitrogen and oxygen atoms in total. The third-order valence-electron chi connectivity index (χ3n) is 2.27. The van der Waals surface area contributed by atoms with Crippen LogP contribution in [-0.4, -0.2) is 20.7 Å². The van der Waals surface area contributed by atoms with E-state index in [0.717, 1.165) is 5.56 Å². The Bertz CT molecular complexity index is 557. The summed E-state index contributed by atoms with van der Waals surface area (Å²) in [6, 6.07) is 3.33. The minimum atomic E-state index is -0.0800. The second kappa shape index (κ2) is 5.01. The van der Waals surface area contributed by atoms with Crippen LogP contribution in [0.2, 0.25) is 5.02 Å². The molecular weight excluding hydrogens is 238 g/mol. The Morgan fingerprint density at radius 2 is 2.18 bits per heavy atom. The van der Waals surface area contributed by atoms with Crippen molar-refractivity contribution < 1.29 is 4.79 Å². The standard InChI is InChI=1S/C12H10ClN3O/c1-8-15-5-3-11(16-8)12(17)6-9-2-4-14-7-10(9)13/h2-5,7H,6H2,1H3. The second-order valence-corrected chi connectivity index (χ2v) is 3.96. The van der Waals surface area contributed by atoms with Crippen molar-refractivity contribution in [3.8, 4) is 0 Å². The van der Waals surface area contributed by atoms with Gasteiger partial charge in [-0.2, -0.15) is 0 Å². The van der Waals surface area contributed by atoms with Crippen LogP contribution in [0.1, 0.15) is 21.9 Å². The summed E-state index contributed by atoms with van der Waals surface area (Å²) in [5.74, 6) is 0.500. The van der Waals surface area contributed by atoms with Gasteiger partial charge in [-0.3, -0.25) is 9.78 Å². The van der Waals surface area contributed by atoms with Crippen molar-refractivity contribution in [3.05, 3.63) is 52.8 Å². The van der Waals surface area contributed by atoms with Crippen LogP contribution < -0.4 is 0 Å². The predicted molar refractivity (Wildman–Crippen MR) is 64.1 cm³/mol. The Kier molecular flexibility index (Phi) is 3.44. The molecule has 0 saturated heterocycles. The summed E-state index contributed by atoms with van der Waals surface area (Å²) in [6.07, 6.45) is 4.93. The molecule has 0 aromatic carbocycles. The molecule has 0 atom stereocenters. The van der Waals surface area contributed by atoms with Gasteiger partial charge in [-0.25, -0.2) is 9.97 Å². The van der Waals surface area contributed by atoms with Crippen molar-refractivity contribution in [3.63, 3.8) is 0 Å². The monoisotopic (exact) mass is 247 g/mol. The van der Waals surface area contributed by atoms with E-state index in [4.69, 9.17) is 11.6 Å². The van der Waals surface area contributed by atoms with E-state index in [2.05, 4.69) is 15.0 Å². The average molecular weight is 248 g/mol. The first kappa shape index (κ1) is 11.7. The van der Waals surface area contributed by atoms with Crippen molar-refractivity contribution in [2.24, 2.45) is 0 Å². The van der Waals surface area contributed by atoms with Crippen LogP contribution in [0.5, 0.6) is 0 Å². The minimum absolute atomic E-state index is 0.0800. The van der Waals surface area contributed by atoms with Crippen LogP contribution in [0.4, 0.5) is 0 Å². The number of ketones is 1. The molecule has 0 saturated carbocycles. The molecule has 0 radical (unpaired) electrons. The van der Waals surface area contributed by atoms with E-state index in [-0.39, 0.29) is 12.2 Å². The number of nitrogens with zero attached hydrogens (tertiary/aromatic N) is 3. The molecule has 0 aliphatic rings. The smallest absolute Gasteiger partial charge is 0.185 e. The number of aromatic nitrogens is 3. The number of aryl methyl sites for hydroxylation is 1. The van der Waals surface area contributed by atoms with Crippen LogP contribution in [0, 0.1) is 6.92 Å². The highest BCUT2D eigenvalue weighted by Crippen LogP contribution is 2.15. The summed E-state index contributed by atoms with van der Waals surface area (Å²) in [7, 11) is 0. The maximum Gasteiger partial charge on any atom is 0.185 e. The maximum absolute atomic E-state index is 11.9. The fraction of sp³-hybridized carbons (Fsp3) is 0.167. The fourth-order valence-corrected chi connectivity index (χ4v) is 1.61.